The molecule has 0 unspecified atom stereocenters. The molecule has 0 radical (unpaired) electrons. The Bertz CT molecular complexity index is 1180. The van der Waals surface area contributed by atoms with Crippen molar-refractivity contribution in [3.63, 3.8) is 0 Å². The number of halogens is 1. The number of fused-ring (bicyclic) bond motifs is 5. The van der Waals surface area contributed by atoms with E-state index in [0.717, 1.165) is 0 Å². The van der Waals surface area contributed by atoms with E-state index in [9.17, 15) is 14.3 Å². The van der Waals surface area contributed by atoms with Crippen molar-refractivity contribution in [3.05, 3.63) is 30.2 Å². The first kappa shape index (κ1) is 17.4. The molecule has 1 aromatic carbocycles. The lowest BCUT2D eigenvalue weighted by Crippen LogP contribution is -2.51. The number of benzene rings is 1. The predicted octanol–water partition coefficient (Wildman–Crippen LogP) is 0.469. The van der Waals surface area contributed by atoms with Gasteiger partial charge >= 0.3 is 0 Å². The van der Waals surface area contributed by atoms with Gasteiger partial charge in [0.15, 0.2) is 12.3 Å². The lowest BCUT2D eigenvalue weighted by molar-refractivity contribution is -0.132. The van der Waals surface area contributed by atoms with Gasteiger partial charge in [0.05, 0.1) is 24.9 Å². The highest BCUT2D eigenvalue weighted by atomic mass is 19.1. The van der Waals surface area contributed by atoms with Crippen LogP contribution in [0, 0.1) is 5.82 Å². The van der Waals surface area contributed by atoms with Crippen LogP contribution in [0.5, 0.6) is 11.6 Å². The summed E-state index contributed by atoms with van der Waals surface area (Å²) < 4.78 is 26.9. The van der Waals surface area contributed by atoms with Crippen LogP contribution in [0.15, 0.2) is 24.4 Å². The van der Waals surface area contributed by atoms with Crippen molar-refractivity contribution in [2.45, 2.75) is 12.1 Å². The normalized spacial score (nSPS) is 23.0. The summed E-state index contributed by atoms with van der Waals surface area (Å²) in [4.78, 5) is 25.4. The van der Waals surface area contributed by atoms with Crippen LogP contribution in [-0.2, 0) is 9.53 Å². The molecule has 10 nitrogen and oxygen atoms in total. The molecular formula is C19H17FN6O4. The van der Waals surface area contributed by atoms with Crippen molar-refractivity contribution >= 4 is 22.9 Å². The summed E-state index contributed by atoms with van der Waals surface area (Å²) in [5.74, 6) is -0.438. The van der Waals surface area contributed by atoms with E-state index in [1.807, 2.05) is 4.90 Å². The number of anilines is 1. The molecule has 3 aromatic rings. The Balaban J connectivity index is 1.59. The smallest absolute Gasteiger partial charge is 0.260 e. The van der Waals surface area contributed by atoms with Crippen molar-refractivity contribution in [2.24, 2.45) is 0 Å². The predicted molar refractivity (Wildman–Crippen MR) is 101 cm³/mol. The molecule has 2 atom stereocenters. The summed E-state index contributed by atoms with van der Waals surface area (Å²) in [6.07, 6.45) is 1.25. The van der Waals surface area contributed by atoms with E-state index >= 15 is 0 Å². The Morgan fingerprint density at radius 1 is 1.23 bits per heavy atom. The second-order valence-corrected chi connectivity index (χ2v) is 7.51. The van der Waals surface area contributed by atoms with Crippen LogP contribution in [0.3, 0.4) is 0 Å². The van der Waals surface area contributed by atoms with Crippen LogP contribution < -0.4 is 9.64 Å². The first-order chi connectivity index (χ1) is 14.6. The number of amides is 1. The van der Waals surface area contributed by atoms with Crippen LogP contribution in [0.25, 0.3) is 16.7 Å². The Morgan fingerprint density at radius 3 is 3.03 bits per heavy atom. The number of hydrogen-bond donors (Lipinski definition) is 1. The Morgan fingerprint density at radius 2 is 2.13 bits per heavy atom. The molecule has 0 saturated carbocycles. The molecule has 1 amide bonds. The number of aromatic hydroxyl groups is 1. The number of rotatable bonds is 0. The molecule has 1 N–H and O–H groups in total. The summed E-state index contributed by atoms with van der Waals surface area (Å²) in [6.45, 7) is 1.59. The average Bonchev–Trinajstić information content (AvgIpc) is 3.36. The molecule has 2 fully saturated rings. The molecule has 0 spiro atoms. The largest absolute Gasteiger partial charge is 0.493 e. The zero-order valence-electron chi connectivity index (χ0n) is 15.7. The van der Waals surface area contributed by atoms with Crippen LogP contribution in [0.4, 0.5) is 10.3 Å². The summed E-state index contributed by atoms with van der Waals surface area (Å²) in [6, 6.07) is 3.83. The van der Waals surface area contributed by atoms with E-state index in [1.54, 1.807) is 4.90 Å². The molecule has 30 heavy (non-hydrogen) atoms. The zero-order chi connectivity index (χ0) is 20.4. The number of nitrogens with zero attached hydrogens (tertiary/aromatic N) is 6. The lowest BCUT2D eigenvalue weighted by Gasteiger charge is -2.36. The maximum atomic E-state index is 13.9. The zero-order valence-corrected chi connectivity index (χ0v) is 15.7. The molecule has 3 aliphatic rings. The topological polar surface area (TPSA) is 106 Å². The average molecular weight is 412 g/mol. The van der Waals surface area contributed by atoms with Gasteiger partial charge in [-0.25, -0.2) is 9.07 Å². The number of hydrogen-bond acceptors (Lipinski definition) is 8. The fourth-order valence-electron chi connectivity index (χ4n) is 4.34. The van der Waals surface area contributed by atoms with Gasteiger partial charge in [0.1, 0.15) is 22.6 Å². The van der Waals surface area contributed by atoms with E-state index in [4.69, 9.17) is 9.47 Å². The van der Waals surface area contributed by atoms with E-state index in [1.165, 1.54) is 29.1 Å². The van der Waals surface area contributed by atoms with Gasteiger partial charge in [-0.1, -0.05) is 0 Å². The van der Waals surface area contributed by atoms with Gasteiger partial charge in [-0.2, -0.15) is 15.1 Å². The molecule has 154 valence electrons. The molecule has 5 heterocycles. The van der Waals surface area contributed by atoms with Crippen LogP contribution in [0.1, 0.15) is 0 Å². The van der Waals surface area contributed by atoms with Gasteiger partial charge in [0.25, 0.3) is 5.91 Å². The van der Waals surface area contributed by atoms with Crippen molar-refractivity contribution in [1.29, 1.82) is 0 Å². The van der Waals surface area contributed by atoms with Crippen LogP contribution in [-0.4, -0.2) is 80.7 Å². The minimum absolute atomic E-state index is 0.142. The second-order valence-electron chi connectivity index (χ2n) is 7.51. The summed E-state index contributed by atoms with van der Waals surface area (Å²) in [7, 11) is 0. The summed E-state index contributed by atoms with van der Waals surface area (Å²) >= 11 is 0. The van der Waals surface area contributed by atoms with Gasteiger partial charge in [-0.3, -0.25) is 4.79 Å². The highest BCUT2D eigenvalue weighted by molar-refractivity contribution is 5.83. The Kier molecular flexibility index (Phi) is 3.63. The van der Waals surface area contributed by atoms with Gasteiger partial charge < -0.3 is 24.4 Å². The van der Waals surface area contributed by atoms with Crippen LogP contribution >= 0.6 is 0 Å². The number of ether oxygens (including phenoxy) is 2. The highest BCUT2D eigenvalue weighted by Crippen LogP contribution is 2.33. The summed E-state index contributed by atoms with van der Waals surface area (Å²) in [5, 5.41) is 15.2. The molecule has 2 saturated heterocycles. The Labute approximate surface area is 169 Å². The first-order valence-corrected chi connectivity index (χ1v) is 9.62. The monoisotopic (exact) mass is 412 g/mol. The quantitative estimate of drug-likeness (QED) is 0.568. The Hall–Kier alpha value is -3.47. The van der Waals surface area contributed by atoms with E-state index in [0.29, 0.717) is 48.9 Å². The third kappa shape index (κ3) is 2.51. The van der Waals surface area contributed by atoms with E-state index < -0.39 is 5.82 Å². The first-order valence-electron chi connectivity index (χ1n) is 9.62. The molecular weight excluding hydrogens is 395 g/mol. The lowest BCUT2D eigenvalue weighted by atomic mass is 10.1. The van der Waals surface area contributed by atoms with Crippen LogP contribution in [0.2, 0.25) is 0 Å². The molecule has 11 heteroatoms. The van der Waals surface area contributed by atoms with Gasteiger partial charge in [0.2, 0.25) is 11.8 Å². The van der Waals surface area contributed by atoms with E-state index in [-0.39, 0.29) is 36.3 Å². The van der Waals surface area contributed by atoms with Crippen molar-refractivity contribution in [2.75, 3.05) is 37.7 Å². The summed E-state index contributed by atoms with van der Waals surface area (Å²) in [5.41, 5.74) is 0.764. The number of carbonyl (C=O) groups is 1. The fourth-order valence-corrected chi connectivity index (χ4v) is 4.34. The van der Waals surface area contributed by atoms with Crippen molar-refractivity contribution in [3.8, 4) is 17.3 Å². The standard InChI is InChI=1S/C19H17FN6O4/c20-10-1-2-12-14(5-10)30-9-16(27)24-7-13-15(8-24)29-4-3-25(13)19-22-17-11(18(28)23-19)6-21-26(12)17/h1-2,5-6,13,15H,3-4,7-9H2,(H,22,23,28)/t13-,15+/m0/s1. The number of morpholine rings is 1. The van der Waals surface area contributed by atoms with Gasteiger partial charge in [-0.05, 0) is 12.1 Å². The van der Waals surface area contributed by atoms with Gasteiger partial charge in [0, 0.05) is 25.7 Å². The minimum Gasteiger partial charge on any atom is -0.493 e. The molecule has 4 bridgehead atoms. The molecule has 2 aromatic heterocycles. The SMILES string of the molecule is O=C1COc2cc(F)ccc2-n2ncc3c(O)nc(nc32)N2CCO[C@@H]3CN1C[C@@H]32. The highest BCUT2D eigenvalue weighted by Gasteiger charge is 2.43. The minimum atomic E-state index is -0.504. The van der Waals surface area contributed by atoms with Crippen molar-refractivity contribution < 1.29 is 23.8 Å². The third-order valence-corrected chi connectivity index (χ3v) is 5.81. The molecule has 6 rings (SSSR count). The maximum Gasteiger partial charge on any atom is 0.260 e. The van der Waals surface area contributed by atoms with E-state index in [2.05, 4.69) is 15.1 Å². The third-order valence-electron chi connectivity index (χ3n) is 5.81. The number of aromatic nitrogens is 4. The molecule has 0 aliphatic carbocycles. The molecule has 3 aliphatic heterocycles. The maximum absolute atomic E-state index is 13.9. The second kappa shape index (κ2) is 6.26. The van der Waals surface area contributed by atoms with Gasteiger partial charge in [-0.15, -0.1) is 0 Å². The number of carbonyl (C=O) groups excluding carboxylic acids is 1. The van der Waals surface area contributed by atoms with Crippen molar-refractivity contribution in [1.82, 2.24) is 24.6 Å². The fraction of sp³-hybridized carbons (Fsp3) is 0.368.